The molecule has 0 aliphatic rings. The van der Waals surface area contributed by atoms with Crippen LogP contribution in [0.4, 0.5) is 57.1 Å². The number of hydrogen-bond acceptors (Lipinski definition) is 2. The Labute approximate surface area is 137 Å². The molecule has 0 spiro atoms. The van der Waals surface area contributed by atoms with Crippen molar-refractivity contribution in [3.63, 3.8) is 0 Å². The number of alkyl halides is 13. The summed E-state index contributed by atoms with van der Waals surface area (Å²) < 4.78 is 166. The first-order valence-electron chi connectivity index (χ1n) is 6.58. The average molecular weight is 421 g/mol. The van der Waals surface area contributed by atoms with Crippen molar-refractivity contribution in [2.24, 2.45) is 0 Å². The molecule has 2 nitrogen and oxygen atoms in total. The lowest BCUT2D eigenvalue weighted by Gasteiger charge is -2.40. The quantitative estimate of drug-likeness (QED) is 0.435. The summed E-state index contributed by atoms with van der Waals surface area (Å²) in [7, 11) is 0. The lowest BCUT2D eigenvalue weighted by molar-refractivity contribution is -0.444. The molecule has 0 fully saturated rings. The van der Waals surface area contributed by atoms with Gasteiger partial charge in [0, 0.05) is 6.54 Å². The Bertz CT molecular complexity index is 473. The molecule has 1 unspecified atom stereocenters. The van der Waals surface area contributed by atoms with E-state index in [2.05, 4.69) is 0 Å². The van der Waals surface area contributed by atoms with E-state index >= 15 is 0 Å². The summed E-state index contributed by atoms with van der Waals surface area (Å²) in [6, 6.07) is 0. The summed E-state index contributed by atoms with van der Waals surface area (Å²) in [5, 5.41) is 10.7. The summed E-state index contributed by atoms with van der Waals surface area (Å²) in [4.78, 5) is 0. The van der Waals surface area contributed by atoms with Crippen LogP contribution in [0.5, 0.6) is 0 Å². The van der Waals surface area contributed by atoms with E-state index < -0.39 is 48.4 Å². The molecular formula is C11H12F13NO. The van der Waals surface area contributed by atoms with Crippen molar-refractivity contribution < 1.29 is 62.2 Å². The zero-order valence-corrected chi connectivity index (χ0v) is 12.6. The molecule has 0 aromatic heterocycles. The molecule has 158 valence electrons. The smallest absolute Gasteiger partial charge is 0.385 e. The average Bonchev–Trinajstić information content (AvgIpc) is 2.45. The molecule has 0 bridgehead atoms. The van der Waals surface area contributed by atoms with Crippen molar-refractivity contribution in [3.05, 3.63) is 0 Å². The number of rotatable bonds is 9. The second-order valence-electron chi connectivity index (χ2n) is 5.14. The van der Waals surface area contributed by atoms with Gasteiger partial charge in [-0.15, -0.1) is 0 Å². The number of nitrogens with one attached hydrogen (secondary N) is 1. The molecule has 0 aliphatic carbocycles. The Hall–Kier alpha value is -0.990. The minimum absolute atomic E-state index is 0.167. The van der Waals surface area contributed by atoms with Crippen LogP contribution < -0.4 is 5.32 Å². The molecular weight excluding hydrogens is 409 g/mol. The van der Waals surface area contributed by atoms with Gasteiger partial charge in [-0.25, -0.2) is 0 Å². The topological polar surface area (TPSA) is 32.3 Å². The van der Waals surface area contributed by atoms with Crippen molar-refractivity contribution >= 4 is 0 Å². The fourth-order valence-corrected chi connectivity index (χ4v) is 1.53. The summed E-state index contributed by atoms with van der Waals surface area (Å²) in [6.45, 7) is -0.370. The van der Waals surface area contributed by atoms with E-state index in [0.717, 1.165) is 0 Å². The molecule has 1 atom stereocenters. The summed E-state index contributed by atoms with van der Waals surface area (Å²) in [6.07, 6.45) is -11.1. The maximum atomic E-state index is 13.4. The van der Waals surface area contributed by atoms with Gasteiger partial charge in [-0.05, 0) is 13.0 Å². The van der Waals surface area contributed by atoms with Crippen LogP contribution in [0.2, 0.25) is 0 Å². The second-order valence-corrected chi connectivity index (χ2v) is 5.14. The van der Waals surface area contributed by atoms with E-state index in [0.29, 0.717) is 0 Å². The number of halogens is 13. The summed E-state index contributed by atoms with van der Waals surface area (Å²) in [5.74, 6) is -37.6. The Balaban J connectivity index is 6.00. The molecule has 0 aromatic rings. The van der Waals surface area contributed by atoms with Crippen molar-refractivity contribution in [1.82, 2.24) is 5.32 Å². The monoisotopic (exact) mass is 421 g/mol. The third-order valence-electron chi connectivity index (χ3n) is 3.14. The van der Waals surface area contributed by atoms with Gasteiger partial charge in [0.25, 0.3) is 0 Å². The SMILES string of the molecule is CCCNCC(O)C(F)(F)C(F)(F)C(F)(F)C(F)(F)C(F)(F)C(F)(F)F. The van der Waals surface area contributed by atoms with Crippen molar-refractivity contribution in [1.29, 1.82) is 0 Å². The lowest BCUT2D eigenvalue weighted by atomic mass is 9.91. The van der Waals surface area contributed by atoms with E-state index in [-0.39, 0.29) is 13.0 Å². The first-order chi connectivity index (χ1) is 11.2. The zero-order valence-electron chi connectivity index (χ0n) is 12.6. The largest absolute Gasteiger partial charge is 0.460 e. The summed E-state index contributed by atoms with van der Waals surface area (Å²) >= 11 is 0. The standard InChI is InChI=1S/C11H12F13NO/c1-2-3-25-4-5(26)6(12,13)7(14,15)8(16,17)9(18,19)10(20,21)11(22,23)24/h5,25-26H,2-4H2,1H3. The van der Waals surface area contributed by atoms with Crippen molar-refractivity contribution in [2.75, 3.05) is 13.1 Å². The summed E-state index contributed by atoms with van der Waals surface area (Å²) in [5.41, 5.74) is 0. The van der Waals surface area contributed by atoms with E-state index in [9.17, 15) is 57.1 Å². The molecule has 15 heteroatoms. The predicted octanol–water partition coefficient (Wildman–Crippen LogP) is 4.09. The number of hydrogen-bond donors (Lipinski definition) is 2. The van der Waals surface area contributed by atoms with Crippen LogP contribution in [-0.2, 0) is 0 Å². The Kier molecular flexibility index (Phi) is 6.93. The predicted molar refractivity (Wildman–Crippen MR) is 60.0 cm³/mol. The van der Waals surface area contributed by atoms with Gasteiger partial charge in [0.1, 0.15) is 6.10 Å². The highest BCUT2D eigenvalue weighted by molar-refractivity contribution is 5.11. The highest BCUT2D eigenvalue weighted by atomic mass is 19.4. The fraction of sp³-hybridized carbons (Fsp3) is 1.00. The van der Waals surface area contributed by atoms with E-state index in [1.165, 1.54) is 6.92 Å². The molecule has 26 heavy (non-hydrogen) atoms. The van der Waals surface area contributed by atoms with Gasteiger partial charge in [-0.1, -0.05) is 6.92 Å². The maximum Gasteiger partial charge on any atom is 0.460 e. The first-order valence-corrected chi connectivity index (χ1v) is 6.58. The third kappa shape index (κ3) is 3.68. The normalized spacial score (nSPS) is 16.7. The van der Waals surface area contributed by atoms with Crippen LogP contribution in [0, 0.1) is 0 Å². The Morgan fingerprint density at radius 3 is 1.42 bits per heavy atom. The van der Waals surface area contributed by atoms with Gasteiger partial charge >= 0.3 is 35.8 Å². The van der Waals surface area contributed by atoms with Crippen LogP contribution in [0.1, 0.15) is 13.3 Å². The number of aliphatic hydroxyl groups is 1. The second kappa shape index (κ2) is 7.20. The Morgan fingerprint density at radius 2 is 1.08 bits per heavy atom. The first kappa shape index (κ1) is 25.0. The minimum atomic E-state index is -7.96. The van der Waals surface area contributed by atoms with Gasteiger partial charge in [0.2, 0.25) is 0 Å². The van der Waals surface area contributed by atoms with Gasteiger partial charge in [-0.2, -0.15) is 57.1 Å². The number of aliphatic hydroxyl groups excluding tert-OH is 1. The van der Waals surface area contributed by atoms with Gasteiger partial charge in [-0.3, -0.25) is 0 Å². The van der Waals surface area contributed by atoms with Crippen LogP contribution >= 0.6 is 0 Å². The van der Waals surface area contributed by atoms with Gasteiger partial charge < -0.3 is 10.4 Å². The molecule has 0 amide bonds. The van der Waals surface area contributed by atoms with Crippen LogP contribution in [-0.4, -0.2) is 60.1 Å². The highest BCUT2D eigenvalue weighted by Gasteiger charge is 2.91. The van der Waals surface area contributed by atoms with Crippen molar-refractivity contribution in [3.8, 4) is 0 Å². The molecule has 0 aromatic carbocycles. The van der Waals surface area contributed by atoms with E-state index in [1.807, 2.05) is 5.32 Å². The maximum absolute atomic E-state index is 13.4. The van der Waals surface area contributed by atoms with E-state index in [1.54, 1.807) is 0 Å². The zero-order chi connectivity index (χ0) is 21.4. The molecule has 2 N–H and O–H groups in total. The molecule has 0 radical (unpaired) electrons. The van der Waals surface area contributed by atoms with Gasteiger partial charge in [0.05, 0.1) is 0 Å². The van der Waals surface area contributed by atoms with Gasteiger partial charge in [0.15, 0.2) is 0 Å². The Morgan fingerprint density at radius 1 is 0.692 bits per heavy atom. The minimum Gasteiger partial charge on any atom is -0.385 e. The fourth-order valence-electron chi connectivity index (χ4n) is 1.53. The third-order valence-corrected chi connectivity index (χ3v) is 3.14. The molecule has 0 aliphatic heterocycles. The van der Waals surface area contributed by atoms with E-state index in [4.69, 9.17) is 5.11 Å². The molecule has 0 heterocycles. The highest BCUT2D eigenvalue weighted by Crippen LogP contribution is 2.60. The van der Waals surface area contributed by atoms with Crippen LogP contribution in [0.25, 0.3) is 0 Å². The van der Waals surface area contributed by atoms with Crippen molar-refractivity contribution in [2.45, 2.75) is 55.2 Å². The van der Waals surface area contributed by atoms with Crippen LogP contribution in [0.3, 0.4) is 0 Å². The molecule has 0 rings (SSSR count). The van der Waals surface area contributed by atoms with Crippen LogP contribution in [0.15, 0.2) is 0 Å². The lowest BCUT2D eigenvalue weighted by Crippen LogP contribution is -2.72. The molecule has 0 saturated carbocycles. The molecule has 0 saturated heterocycles.